The van der Waals surface area contributed by atoms with Crippen molar-refractivity contribution in [2.24, 2.45) is 5.73 Å². The predicted octanol–water partition coefficient (Wildman–Crippen LogP) is 2.13. The van der Waals surface area contributed by atoms with Crippen LogP contribution in [-0.4, -0.2) is 20.2 Å². The maximum Gasteiger partial charge on any atom is 0.210 e. The Morgan fingerprint density at radius 1 is 1.32 bits per heavy atom. The van der Waals surface area contributed by atoms with Crippen LogP contribution in [0.1, 0.15) is 43.2 Å². The van der Waals surface area contributed by atoms with Gasteiger partial charge in [-0.15, -0.1) is 5.10 Å². The van der Waals surface area contributed by atoms with Gasteiger partial charge in [0, 0.05) is 0 Å². The Morgan fingerprint density at radius 2 is 2.11 bits per heavy atom. The Labute approximate surface area is 115 Å². The van der Waals surface area contributed by atoms with E-state index < -0.39 is 0 Å². The Hall–Kier alpha value is -1.34. The van der Waals surface area contributed by atoms with Crippen molar-refractivity contribution < 1.29 is 4.42 Å². The van der Waals surface area contributed by atoms with Crippen LogP contribution in [0.15, 0.2) is 21.7 Å². The van der Waals surface area contributed by atoms with E-state index in [0.717, 1.165) is 22.4 Å². The summed E-state index contributed by atoms with van der Waals surface area (Å²) in [7, 11) is 0. The van der Waals surface area contributed by atoms with Crippen molar-refractivity contribution in [3.05, 3.63) is 23.7 Å². The number of hydrogen-bond acceptors (Lipinski definition) is 6. The van der Waals surface area contributed by atoms with Gasteiger partial charge in [0.15, 0.2) is 0 Å². The third kappa shape index (κ3) is 2.82. The van der Waals surface area contributed by atoms with Crippen molar-refractivity contribution >= 4 is 11.8 Å². The number of hydrogen-bond donors (Lipinski definition) is 1. The molecule has 0 unspecified atom stereocenters. The third-order valence-corrected chi connectivity index (χ3v) is 4.35. The smallest absolute Gasteiger partial charge is 0.210 e. The molecule has 1 aliphatic rings. The SMILES string of the molecule is NCc1ccc(CSc2nnnn2C2CCCC2)o1. The van der Waals surface area contributed by atoms with Gasteiger partial charge < -0.3 is 10.2 Å². The fourth-order valence-corrected chi connectivity index (χ4v) is 3.24. The molecule has 6 nitrogen and oxygen atoms in total. The first-order valence-electron chi connectivity index (χ1n) is 6.55. The Balaban J connectivity index is 1.65. The quantitative estimate of drug-likeness (QED) is 0.844. The maximum absolute atomic E-state index is 5.57. The summed E-state index contributed by atoms with van der Waals surface area (Å²) in [5, 5.41) is 12.9. The van der Waals surface area contributed by atoms with E-state index in [9.17, 15) is 0 Å². The molecule has 19 heavy (non-hydrogen) atoms. The second kappa shape index (κ2) is 5.75. The molecule has 0 atom stereocenters. The summed E-state index contributed by atoms with van der Waals surface area (Å²) in [6, 6.07) is 4.34. The normalized spacial score (nSPS) is 16.3. The van der Waals surface area contributed by atoms with Crippen molar-refractivity contribution in [2.45, 2.75) is 49.2 Å². The molecule has 0 aliphatic heterocycles. The molecule has 2 aromatic rings. The van der Waals surface area contributed by atoms with Gasteiger partial charge in [0.1, 0.15) is 11.5 Å². The molecule has 0 bridgehead atoms. The maximum atomic E-state index is 5.57. The predicted molar refractivity (Wildman–Crippen MR) is 71.5 cm³/mol. The monoisotopic (exact) mass is 279 g/mol. The summed E-state index contributed by atoms with van der Waals surface area (Å²) in [6.45, 7) is 0.435. The third-order valence-electron chi connectivity index (χ3n) is 3.40. The molecule has 7 heteroatoms. The molecule has 2 heterocycles. The number of aromatic nitrogens is 4. The van der Waals surface area contributed by atoms with Gasteiger partial charge in [0.2, 0.25) is 5.16 Å². The molecule has 0 saturated heterocycles. The fourth-order valence-electron chi connectivity index (χ4n) is 2.40. The van der Waals surface area contributed by atoms with Crippen molar-refractivity contribution in [1.29, 1.82) is 0 Å². The summed E-state index contributed by atoms with van der Waals surface area (Å²) in [4.78, 5) is 0. The van der Waals surface area contributed by atoms with Gasteiger partial charge >= 0.3 is 0 Å². The van der Waals surface area contributed by atoms with E-state index in [1.165, 1.54) is 25.7 Å². The standard InChI is InChI=1S/C12H17N5OS/c13-7-10-5-6-11(18-10)8-19-12-14-15-16-17(12)9-3-1-2-4-9/h5-6,9H,1-4,7-8,13H2. The molecule has 1 aliphatic carbocycles. The van der Waals surface area contributed by atoms with Gasteiger partial charge in [-0.3, -0.25) is 0 Å². The van der Waals surface area contributed by atoms with Crippen LogP contribution in [0.25, 0.3) is 0 Å². The lowest BCUT2D eigenvalue weighted by molar-refractivity contribution is 0.422. The molecule has 0 aromatic carbocycles. The highest BCUT2D eigenvalue weighted by Crippen LogP contribution is 2.32. The van der Waals surface area contributed by atoms with E-state index in [0.29, 0.717) is 12.6 Å². The number of thioether (sulfide) groups is 1. The summed E-state index contributed by atoms with van der Waals surface area (Å²) < 4.78 is 7.54. The second-order valence-corrected chi connectivity index (χ2v) is 5.65. The van der Waals surface area contributed by atoms with E-state index in [2.05, 4.69) is 15.5 Å². The minimum absolute atomic E-state index is 0.435. The highest BCUT2D eigenvalue weighted by Gasteiger charge is 2.21. The molecule has 1 fully saturated rings. The first kappa shape index (κ1) is 12.7. The second-order valence-electron chi connectivity index (χ2n) is 4.71. The topological polar surface area (TPSA) is 82.8 Å². The highest BCUT2D eigenvalue weighted by molar-refractivity contribution is 7.98. The van der Waals surface area contributed by atoms with Gasteiger partial charge in [-0.1, -0.05) is 24.6 Å². The zero-order valence-corrected chi connectivity index (χ0v) is 11.5. The van der Waals surface area contributed by atoms with Gasteiger partial charge in [0.05, 0.1) is 18.3 Å². The van der Waals surface area contributed by atoms with Gasteiger partial charge in [-0.05, 0) is 35.4 Å². The first-order chi connectivity index (χ1) is 9.36. The van der Waals surface area contributed by atoms with Crippen molar-refractivity contribution in [1.82, 2.24) is 20.2 Å². The molecular weight excluding hydrogens is 262 g/mol. The molecule has 0 amide bonds. The number of nitrogens with two attached hydrogens (primary N) is 1. The van der Waals surface area contributed by atoms with Gasteiger partial charge in [0.25, 0.3) is 0 Å². The lowest BCUT2D eigenvalue weighted by Crippen LogP contribution is -2.08. The van der Waals surface area contributed by atoms with Crippen LogP contribution in [-0.2, 0) is 12.3 Å². The van der Waals surface area contributed by atoms with Crippen LogP contribution >= 0.6 is 11.8 Å². The highest BCUT2D eigenvalue weighted by atomic mass is 32.2. The number of furan rings is 1. The number of rotatable bonds is 5. The molecule has 3 rings (SSSR count). The number of nitrogens with zero attached hydrogens (tertiary/aromatic N) is 4. The van der Waals surface area contributed by atoms with E-state index in [1.807, 2.05) is 16.8 Å². The average molecular weight is 279 g/mol. The molecule has 102 valence electrons. The Kier molecular flexibility index (Phi) is 3.84. The minimum Gasteiger partial charge on any atom is -0.464 e. The Morgan fingerprint density at radius 3 is 2.84 bits per heavy atom. The van der Waals surface area contributed by atoms with Crippen molar-refractivity contribution in [3.63, 3.8) is 0 Å². The molecule has 2 N–H and O–H groups in total. The van der Waals surface area contributed by atoms with E-state index in [4.69, 9.17) is 10.2 Å². The molecule has 1 saturated carbocycles. The Bertz CT molecular complexity index is 532. The van der Waals surface area contributed by atoms with E-state index >= 15 is 0 Å². The van der Waals surface area contributed by atoms with Crippen LogP contribution in [0.3, 0.4) is 0 Å². The van der Waals surface area contributed by atoms with Crippen molar-refractivity contribution in [2.75, 3.05) is 0 Å². The fraction of sp³-hybridized carbons (Fsp3) is 0.583. The van der Waals surface area contributed by atoms with Crippen LogP contribution in [0.5, 0.6) is 0 Å². The molecule has 0 radical (unpaired) electrons. The largest absolute Gasteiger partial charge is 0.464 e. The summed E-state index contributed by atoms with van der Waals surface area (Å²) >= 11 is 1.61. The molecule has 0 spiro atoms. The van der Waals surface area contributed by atoms with Gasteiger partial charge in [-0.2, -0.15) is 0 Å². The zero-order valence-electron chi connectivity index (χ0n) is 10.7. The summed E-state index contributed by atoms with van der Waals surface area (Å²) in [5.74, 6) is 2.45. The molecular formula is C12H17N5OS. The van der Waals surface area contributed by atoms with E-state index in [1.54, 1.807) is 11.8 Å². The van der Waals surface area contributed by atoms with Crippen molar-refractivity contribution in [3.8, 4) is 0 Å². The molecule has 2 aromatic heterocycles. The van der Waals surface area contributed by atoms with Crippen LogP contribution in [0.2, 0.25) is 0 Å². The zero-order chi connectivity index (χ0) is 13.1. The van der Waals surface area contributed by atoms with Crippen LogP contribution in [0, 0.1) is 0 Å². The van der Waals surface area contributed by atoms with E-state index in [-0.39, 0.29) is 0 Å². The number of tetrazole rings is 1. The lowest BCUT2D eigenvalue weighted by Gasteiger charge is -2.10. The first-order valence-corrected chi connectivity index (χ1v) is 7.53. The lowest BCUT2D eigenvalue weighted by atomic mass is 10.3. The summed E-state index contributed by atoms with van der Waals surface area (Å²) in [6.07, 6.45) is 4.90. The van der Waals surface area contributed by atoms with Crippen LogP contribution < -0.4 is 5.73 Å². The average Bonchev–Trinajstić information content (AvgIpc) is 3.16. The van der Waals surface area contributed by atoms with Gasteiger partial charge in [-0.25, -0.2) is 4.68 Å². The minimum atomic E-state index is 0.435. The van der Waals surface area contributed by atoms with Crippen LogP contribution in [0.4, 0.5) is 0 Å². The summed E-state index contributed by atoms with van der Waals surface area (Å²) in [5.41, 5.74) is 5.52.